The Kier molecular flexibility index (Phi) is 4.10. The van der Waals surface area contributed by atoms with Crippen molar-refractivity contribution in [2.45, 2.75) is 51.5 Å². The van der Waals surface area contributed by atoms with E-state index in [2.05, 4.69) is 0 Å². The number of amides is 2. The molecule has 0 radical (unpaired) electrons. The number of ketones is 1. The number of hydrogen-bond donors (Lipinski definition) is 0. The molecule has 2 aliphatic rings. The van der Waals surface area contributed by atoms with E-state index in [0.29, 0.717) is 25.7 Å². The summed E-state index contributed by atoms with van der Waals surface area (Å²) in [4.78, 5) is 39.0. The van der Waals surface area contributed by atoms with Crippen LogP contribution in [0, 0.1) is 5.41 Å². The maximum absolute atomic E-state index is 13.0. The standard InChI is InChI=1S/C18H21NO3/c20-15-9-5-2-6-11-18(15)12-10-16(21)19(17(18)22)13-14-7-3-1-4-8-14/h1,3-4,7-8H,2,5-6,9-13H2. The molecule has 116 valence electrons. The normalized spacial score (nSPS) is 26.4. The zero-order valence-corrected chi connectivity index (χ0v) is 12.7. The lowest BCUT2D eigenvalue weighted by Crippen LogP contribution is -2.54. The first-order valence-corrected chi connectivity index (χ1v) is 8.05. The van der Waals surface area contributed by atoms with Gasteiger partial charge in [-0.05, 0) is 24.8 Å². The van der Waals surface area contributed by atoms with E-state index < -0.39 is 5.41 Å². The lowest BCUT2D eigenvalue weighted by Gasteiger charge is -2.39. The summed E-state index contributed by atoms with van der Waals surface area (Å²) < 4.78 is 0. The van der Waals surface area contributed by atoms with E-state index in [4.69, 9.17) is 0 Å². The number of likely N-dealkylation sites (tertiary alicyclic amines) is 1. The first kappa shape index (κ1) is 14.9. The van der Waals surface area contributed by atoms with Gasteiger partial charge in [-0.2, -0.15) is 0 Å². The average molecular weight is 299 g/mol. The van der Waals surface area contributed by atoms with Crippen LogP contribution in [-0.2, 0) is 20.9 Å². The van der Waals surface area contributed by atoms with E-state index in [1.807, 2.05) is 30.3 Å². The Hall–Kier alpha value is -1.97. The van der Waals surface area contributed by atoms with Gasteiger partial charge in [0, 0.05) is 12.8 Å². The largest absolute Gasteiger partial charge is 0.299 e. The highest BCUT2D eigenvalue weighted by atomic mass is 16.2. The summed E-state index contributed by atoms with van der Waals surface area (Å²) in [5, 5.41) is 0. The molecule has 2 fully saturated rings. The van der Waals surface area contributed by atoms with Crippen LogP contribution in [0.1, 0.15) is 50.5 Å². The monoisotopic (exact) mass is 299 g/mol. The number of Topliss-reactive ketones (excluding diaryl/α,β-unsaturated/α-hetero) is 1. The molecule has 1 saturated heterocycles. The fourth-order valence-electron chi connectivity index (χ4n) is 3.62. The molecule has 0 aromatic heterocycles. The Labute approximate surface area is 130 Å². The van der Waals surface area contributed by atoms with Crippen LogP contribution in [0.4, 0.5) is 0 Å². The van der Waals surface area contributed by atoms with E-state index in [0.717, 1.165) is 24.8 Å². The number of nitrogens with zero attached hydrogens (tertiary/aromatic N) is 1. The van der Waals surface area contributed by atoms with Gasteiger partial charge >= 0.3 is 0 Å². The molecule has 0 N–H and O–H groups in total. The van der Waals surface area contributed by atoms with Crippen LogP contribution in [0.2, 0.25) is 0 Å². The van der Waals surface area contributed by atoms with Gasteiger partial charge in [0.1, 0.15) is 11.2 Å². The van der Waals surface area contributed by atoms with Gasteiger partial charge in [0.05, 0.1) is 6.54 Å². The number of benzene rings is 1. The van der Waals surface area contributed by atoms with Gasteiger partial charge < -0.3 is 0 Å². The van der Waals surface area contributed by atoms with Crippen molar-refractivity contribution in [3.05, 3.63) is 35.9 Å². The van der Waals surface area contributed by atoms with Crippen molar-refractivity contribution in [3.8, 4) is 0 Å². The summed E-state index contributed by atoms with van der Waals surface area (Å²) in [5.74, 6) is -0.378. The van der Waals surface area contributed by atoms with Crippen molar-refractivity contribution in [2.24, 2.45) is 5.41 Å². The molecule has 1 saturated carbocycles. The van der Waals surface area contributed by atoms with Crippen LogP contribution in [0.5, 0.6) is 0 Å². The van der Waals surface area contributed by atoms with Crippen LogP contribution < -0.4 is 0 Å². The molecule has 0 bridgehead atoms. The molecule has 1 aliphatic heterocycles. The van der Waals surface area contributed by atoms with E-state index in [-0.39, 0.29) is 24.1 Å². The summed E-state index contributed by atoms with van der Waals surface area (Å²) in [6.45, 7) is 0.271. The smallest absolute Gasteiger partial charge is 0.243 e. The summed E-state index contributed by atoms with van der Waals surface area (Å²) in [6.07, 6.45) is 4.51. The number of carbonyl (C=O) groups excluding carboxylic acids is 3. The maximum Gasteiger partial charge on any atom is 0.243 e. The molecule has 1 heterocycles. The van der Waals surface area contributed by atoms with Crippen LogP contribution in [0.25, 0.3) is 0 Å². The van der Waals surface area contributed by atoms with E-state index in [1.54, 1.807) is 0 Å². The Morgan fingerprint density at radius 1 is 0.909 bits per heavy atom. The second kappa shape index (κ2) is 6.03. The lowest BCUT2D eigenvalue weighted by molar-refractivity contribution is -0.162. The van der Waals surface area contributed by atoms with Crippen molar-refractivity contribution in [1.82, 2.24) is 4.90 Å². The summed E-state index contributed by atoms with van der Waals surface area (Å²) in [5.41, 5.74) is -0.0125. The minimum Gasteiger partial charge on any atom is -0.299 e. The molecule has 2 amide bonds. The Bertz CT molecular complexity index is 596. The number of hydrogen-bond acceptors (Lipinski definition) is 3. The molecular formula is C18H21NO3. The lowest BCUT2D eigenvalue weighted by atomic mass is 9.72. The van der Waals surface area contributed by atoms with Crippen LogP contribution in [0.15, 0.2) is 30.3 Å². The fourth-order valence-corrected chi connectivity index (χ4v) is 3.62. The SMILES string of the molecule is O=C1CCC2(CCCCCC2=O)C(=O)N1Cc1ccccc1. The zero-order valence-electron chi connectivity index (χ0n) is 12.7. The number of imide groups is 1. The fraction of sp³-hybridized carbons (Fsp3) is 0.500. The zero-order chi connectivity index (χ0) is 15.6. The highest BCUT2D eigenvalue weighted by Crippen LogP contribution is 2.41. The average Bonchev–Trinajstić information content (AvgIpc) is 2.72. The second-order valence-corrected chi connectivity index (χ2v) is 6.34. The highest BCUT2D eigenvalue weighted by molar-refractivity contribution is 6.12. The van der Waals surface area contributed by atoms with E-state index in [1.165, 1.54) is 4.90 Å². The molecule has 1 aliphatic carbocycles. The predicted octanol–water partition coefficient (Wildman–Crippen LogP) is 2.86. The molecule has 1 aromatic carbocycles. The third kappa shape index (κ3) is 2.58. The van der Waals surface area contributed by atoms with Gasteiger partial charge in [-0.25, -0.2) is 0 Å². The molecule has 1 aromatic rings. The third-order valence-corrected chi connectivity index (χ3v) is 4.95. The van der Waals surface area contributed by atoms with Gasteiger partial charge in [-0.3, -0.25) is 19.3 Å². The number of carbonyl (C=O) groups is 3. The number of piperidine rings is 1. The molecule has 1 unspecified atom stereocenters. The molecule has 22 heavy (non-hydrogen) atoms. The topological polar surface area (TPSA) is 54.5 Å². The quantitative estimate of drug-likeness (QED) is 0.623. The minimum atomic E-state index is -0.931. The highest BCUT2D eigenvalue weighted by Gasteiger charge is 2.51. The van der Waals surface area contributed by atoms with Crippen molar-refractivity contribution in [1.29, 1.82) is 0 Å². The third-order valence-electron chi connectivity index (χ3n) is 4.95. The summed E-state index contributed by atoms with van der Waals surface area (Å²) >= 11 is 0. The Morgan fingerprint density at radius 2 is 1.68 bits per heavy atom. The van der Waals surface area contributed by atoms with Gasteiger partial charge in [-0.15, -0.1) is 0 Å². The Morgan fingerprint density at radius 3 is 2.45 bits per heavy atom. The summed E-state index contributed by atoms with van der Waals surface area (Å²) in [7, 11) is 0. The van der Waals surface area contributed by atoms with Crippen molar-refractivity contribution in [2.75, 3.05) is 0 Å². The maximum atomic E-state index is 13.0. The summed E-state index contributed by atoms with van der Waals surface area (Å²) in [6, 6.07) is 9.48. The van der Waals surface area contributed by atoms with Crippen LogP contribution >= 0.6 is 0 Å². The first-order chi connectivity index (χ1) is 10.6. The predicted molar refractivity (Wildman–Crippen MR) is 81.8 cm³/mol. The molecule has 1 spiro atoms. The number of rotatable bonds is 2. The van der Waals surface area contributed by atoms with E-state index >= 15 is 0 Å². The van der Waals surface area contributed by atoms with Crippen LogP contribution in [0.3, 0.4) is 0 Å². The molecule has 3 rings (SSSR count). The van der Waals surface area contributed by atoms with Gasteiger partial charge in [0.25, 0.3) is 0 Å². The van der Waals surface area contributed by atoms with Crippen LogP contribution in [-0.4, -0.2) is 22.5 Å². The van der Waals surface area contributed by atoms with Gasteiger partial charge in [0.15, 0.2) is 0 Å². The van der Waals surface area contributed by atoms with Crippen molar-refractivity contribution >= 4 is 17.6 Å². The molecule has 4 nitrogen and oxygen atoms in total. The van der Waals surface area contributed by atoms with E-state index in [9.17, 15) is 14.4 Å². The first-order valence-electron chi connectivity index (χ1n) is 8.05. The molecular weight excluding hydrogens is 278 g/mol. The molecule has 4 heteroatoms. The molecule has 1 atom stereocenters. The second-order valence-electron chi connectivity index (χ2n) is 6.34. The Balaban J connectivity index is 1.88. The van der Waals surface area contributed by atoms with Gasteiger partial charge in [-0.1, -0.05) is 43.2 Å². The van der Waals surface area contributed by atoms with Gasteiger partial charge in [0.2, 0.25) is 11.8 Å². The van der Waals surface area contributed by atoms with Crippen molar-refractivity contribution < 1.29 is 14.4 Å². The van der Waals surface area contributed by atoms with Crippen molar-refractivity contribution in [3.63, 3.8) is 0 Å². The minimum absolute atomic E-state index is 0.0422.